The molecule has 1 atom stereocenters. The predicted octanol–water partition coefficient (Wildman–Crippen LogP) is 6.65. The van der Waals surface area contributed by atoms with E-state index in [2.05, 4.69) is 18.2 Å². The van der Waals surface area contributed by atoms with Gasteiger partial charge in [0.05, 0.1) is 12.0 Å². The van der Waals surface area contributed by atoms with Gasteiger partial charge in [-0.05, 0) is 40.3 Å². The fourth-order valence-corrected chi connectivity index (χ4v) is 5.01. The summed E-state index contributed by atoms with van der Waals surface area (Å²) >= 11 is 6.67. The molecule has 0 bridgehead atoms. The van der Waals surface area contributed by atoms with E-state index in [9.17, 15) is 4.79 Å². The monoisotopic (exact) mass is 437 g/mol. The van der Waals surface area contributed by atoms with Crippen molar-refractivity contribution in [3.8, 4) is 0 Å². The van der Waals surface area contributed by atoms with E-state index >= 15 is 0 Å². The molecule has 158 valence electrons. The molecule has 3 heteroatoms. The van der Waals surface area contributed by atoms with Gasteiger partial charge in [0.2, 0.25) is 5.91 Å². The lowest BCUT2D eigenvalue weighted by molar-refractivity contribution is -0.134. The number of hydrogen-bond acceptors (Lipinski definition) is 1. The molecule has 1 aliphatic heterocycles. The van der Waals surface area contributed by atoms with Gasteiger partial charge in [0.15, 0.2) is 0 Å². The van der Waals surface area contributed by atoms with Gasteiger partial charge in [-0.3, -0.25) is 4.79 Å². The summed E-state index contributed by atoms with van der Waals surface area (Å²) < 4.78 is 0. The van der Waals surface area contributed by atoms with E-state index in [0.29, 0.717) is 11.6 Å². The summed E-state index contributed by atoms with van der Waals surface area (Å²) in [5.41, 5.74) is 5.40. The molecule has 0 N–H and O–H groups in total. The largest absolute Gasteiger partial charge is 0.330 e. The van der Waals surface area contributed by atoms with Gasteiger partial charge >= 0.3 is 0 Å². The Morgan fingerprint density at radius 2 is 1.25 bits per heavy atom. The van der Waals surface area contributed by atoms with E-state index in [1.165, 1.54) is 5.56 Å². The smallest absolute Gasteiger partial charge is 0.235 e. The molecule has 1 heterocycles. The summed E-state index contributed by atoms with van der Waals surface area (Å²) in [6.45, 7) is 0.655. The number of carbonyl (C=O) groups is 1. The molecule has 32 heavy (non-hydrogen) atoms. The van der Waals surface area contributed by atoms with Crippen molar-refractivity contribution in [2.75, 3.05) is 6.54 Å². The van der Waals surface area contributed by atoms with Crippen molar-refractivity contribution >= 4 is 17.5 Å². The van der Waals surface area contributed by atoms with E-state index in [0.717, 1.165) is 28.7 Å². The molecule has 0 saturated heterocycles. The Morgan fingerprint density at radius 3 is 1.88 bits per heavy atom. The molecule has 0 spiro atoms. The van der Waals surface area contributed by atoms with Crippen molar-refractivity contribution in [3.05, 3.63) is 142 Å². The first-order valence-corrected chi connectivity index (χ1v) is 11.3. The van der Waals surface area contributed by atoms with Crippen molar-refractivity contribution < 1.29 is 4.79 Å². The van der Waals surface area contributed by atoms with Crippen LogP contribution in [0.2, 0.25) is 5.02 Å². The Morgan fingerprint density at radius 1 is 0.719 bits per heavy atom. The van der Waals surface area contributed by atoms with Crippen LogP contribution < -0.4 is 0 Å². The number of rotatable bonds is 4. The SMILES string of the molecule is O=C(C(c1ccccc1)c1ccccc1)N1CCc2ccccc2[C@H]1c1ccccc1Cl. The molecule has 4 aromatic rings. The zero-order chi connectivity index (χ0) is 21.9. The van der Waals surface area contributed by atoms with E-state index in [1.54, 1.807) is 0 Å². The van der Waals surface area contributed by atoms with Gasteiger partial charge in [0.1, 0.15) is 0 Å². The molecule has 0 aliphatic carbocycles. The average Bonchev–Trinajstić information content (AvgIpc) is 2.85. The number of halogens is 1. The van der Waals surface area contributed by atoms with Crippen LogP contribution in [-0.2, 0) is 11.2 Å². The molecule has 5 rings (SSSR count). The Kier molecular flexibility index (Phi) is 5.79. The first kappa shape index (κ1) is 20.5. The van der Waals surface area contributed by atoms with Crippen LogP contribution in [0.4, 0.5) is 0 Å². The maximum Gasteiger partial charge on any atom is 0.235 e. The highest BCUT2D eigenvalue weighted by Gasteiger charge is 2.37. The van der Waals surface area contributed by atoms with Crippen molar-refractivity contribution in [3.63, 3.8) is 0 Å². The fourth-order valence-electron chi connectivity index (χ4n) is 4.77. The van der Waals surface area contributed by atoms with E-state index < -0.39 is 0 Å². The molecule has 4 aromatic carbocycles. The first-order valence-electron chi connectivity index (χ1n) is 11.0. The van der Waals surface area contributed by atoms with Crippen LogP contribution in [0.3, 0.4) is 0 Å². The van der Waals surface area contributed by atoms with Crippen LogP contribution in [-0.4, -0.2) is 17.4 Å². The van der Waals surface area contributed by atoms with E-state index in [4.69, 9.17) is 11.6 Å². The zero-order valence-corrected chi connectivity index (χ0v) is 18.5. The molecule has 1 aliphatic rings. The molecule has 0 radical (unpaired) electrons. The number of fused-ring (bicyclic) bond motifs is 1. The van der Waals surface area contributed by atoms with Crippen LogP contribution in [0, 0.1) is 0 Å². The molecule has 2 nitrogen and oxygen atoms in total. The van der Waals surface area contributed by atoms with Crippen LogP contribution in [0.1, 0.15) is 39.8 Å². The molecular weight excluding hydrogens is 414 g/mol. The van der Waals surface area contributed by atoms with Crippen molar-refractivity contribution in [1.82, 2.24) is 4.90 Å². The molecule has 0 aromatic heterocycles. The van der Waals surface area contributed by atoms with Gasteiger partial charge in [0.25, 0.3) is 0 Å². The lowest BCUT2D eigenvalue weighted by atomic mass is 9.84. The second-order valence-corrected chi connectivity index (χ2v) is 8.57. The topological polar surface area (TPSA) is 20.3 Å². The predicted molar refractivity (Wildman–Crippen MR) is 130 cm³/mol. The standard InChI is InChI=1S/C29H24ClNO/c30-26-18-10-9-17-25(26)28-24-16-8-7-11-21(24)19-20-31(28)29(32)27(22-12-3-1-4-13-22)23-14-5-2-6-15-23/h1-18,27-28H,19-20H2/t28-/m0/s1. The van der Waals surface area contributed by atoms with Gasteiger partial charge in [0, 0.05) is 11.6 Å². The van der Waals surface area contributed by atoms with Crippen LogP contribution in [0.15, 0.2) is 109 Å². The fraction of sp³-hybridized carbons (Fsp3) is 0.138. The summed E-state index contributed by atoms with van der Waals surface area (Å²) in [7, 11) is 0. The van der Waals surface area contributed by atoms with E-state index in [1.807, 2.05) is 95.9 Å². The van der Waals surface area contributed by atoms with Gasteiger partial charge in [-0.15, -0.1) is 0 Å². The maximum atomic E-state index is 14.3. The second-order valence-electron chi connectivity index (χ2n) is 8.16. The third kappa shape index (κ3) is 3.83. The summed E-state index contributed by atoms with van der Waals surface area (Å²) in [5, 5.41) is 0.683. The minimum absolute atomic E-state index is 0.0989. The molecule has 0 fully saturated rings. The highest BCUT2D eigenvalue weighted by atomic mass is 35.5. The Labute approximate surface area is 194 Å². The van der Waals surface area contributed by atoms with Gasteiger partial charge in [-0.25, -0.2) is 0 Å². The summed E-state index contributed by atoms with van der Waals surface area (Å²) in [5.74, 6) is -0.269. The van der Waals surface area contributed by atoms with Crippen molar-refractivity contribution in [2.24, 2.45) is 0 Å². The molecular formula is C29H24ClNO. The summed E-state index contributed by atoms with van der Waals surface area (Å²) in [6.07, 6.45) is 0.833. The van der Waals surface area contributed by atoms with Gasteiger partial charge in [-0.2, -0.15) is 0 Å². The highest BCUT2D eigenvalue weighted by Crippen LogP contribution is 2.40. The highest BCUT2D eigenvalue weighted by molar-refractivity contribution is 6.31. The first-order chi connectivity index (χ1) is 15.7. The number of amides is 1. The molecule has 0 saturated carbocycles. The average molecular weight is 438 g/mol. The number of carbonyl (C=O) groups excluding carboxylic acids is 1. The Balaban J connectivity index is 1.64. The minimum Gasteiger partial charge on any atom is -0.330 e. The van der Waals surface area contributed by atoms with Gasteiger partial charge in [-0.1, -0.05) is 115 Å². The lowest BCUT2D eigenvalue weighted by Gasteiger charge is -2.40. The summed E-state index contributed by atoms with van der Waals surface area (Å²) in [6, 6.07) is 36.2. The third-order valence-corrected chi connectivity index (χ3v) is 6.62. The quantitative estimate of drug-likeness (QED) is 0.350. The maximum absolute atomic E-state index is 14.3. The van der Waals surface area contributed by atoms with Crippen molar-refractivity contribution in [2.45, 2.75) is 18.4 Å². The normalized spacial score (nSPS) is 15.4. The number of nitrogens with zero attached hydrogens (tertiary/aromatic N) is 1. The number of benzene rings is 4. The third-order valence-electron chi connectivity index (χ3n) is 6.28. The Hall–Kier alpha value is -3.36. The van der Waals surface area contributed by atoms with Crippen LogP contribution >= 0.6 is 11.6 Å². The van der Waals surface area contributed by atoms with E-state index in [-0.39, 0.29) is 17.9 Å². The molecule has 0 unspecified atom stereocenters. The Bertz CT molecular complexity index is 1180. The van der Waals surface area contributed by atoms with Crippen molar-refractivity contribution in [1.29, 1.82) is 0 Å². The van der Waals surface area contributed by atoms with Crippen LogP contribution in [0.25, 0.3) is 0 Å². The number of hydrogen-bond donors (Lipinski definition) is 0. The summed E-state index contributed by atoms with van der Waals surface area (Å²) in [4.78, 5) is 16.3. The lowest BCUT2D eigenvalue weighted by Crippen LogP contribution is -2.43. The minimum atomic E-state index is -0.368. The van der Waals surface area contributed by atoms with Gasteiger partial charge < -0.3 is 4.90 Å². The second kappa shape index (κ2) is 9.02. The van der Waals surface area contributed by atoms with Crippen LogP contribution in [0.5, 0.6) is 0 Å². The molecule has 1 amide bonds. The zero-order valence-electron chi connectivity index (χ0n) is 17.7.